The molecule has 1 aromatic heterocycles. The summed E-state index contributed by atoms with van der Waals surface area (Å²) in [5.41, 5.74) is 1.29. The Bertz CT molecular complexity index is 1070. The van der Waals surface area contributed by atoms with Gasteiger partial charge in [0.05, 0.1) is 20.8 Å². The minimum atomic E-state index is -0.384. The third kappa shape index (κ3) is 3.07. The first-order valence-electron chi connectivity index (χ1n) is 7.46. The lowest BCUT2D eigenvalue weighted by molar-refractivity contribution is 0.0998. The highest BCUT2D eigenvalue weighted by Crippen LogP contribution is 2.35. The topological polar surface area (TPSA) is 52.8 Å². The number of hydrogen-bond donors (Lipinski definition) is 0. The number of amides is 1. The molecule has 2 aromatic carbocycles. The average molecular weight is 440 g/mol. The van der Waals surface area contributed by atoms with E-state index < -0.39 is 0 Å². The first-order valence-corrected chi connectivity index (χ1v) is 9.45. The van der Waals surface area contributed by atoms with E-state index in [1.165, 1.54) is 11.3 Å². The summed E-state index contributed by atoms with van der Waals surface area (Å²) in [6, 6.07) is 8.95. The Kier molecular flexibility index (Phi) is 4.31. The molecule has 0 spiro atoms. The molecule has 0 unspecified atom stereocenters. The minimum Gasteiger partial charge on any atom is -0.486 e. The minimum absolute atomic E-state index is 0.361. The van der Waals surface area contributed by atoms with Crippen LogP contribution in [0.25, 0.3) is 10.2 Å². The summed E-state index contributed by atoms with van der Waals surface area (Å²) in [4.78, 5) is 17.4. The first-order chi connectivity index (χ1) is 12.0. The van der Waals surface area contributed by atoms with Crippen molar-refractivity contribution in [1.82, 2.24) is 4.57 Å². The molecule has 1 amide bonds. The molecule has 1 aliphatic heterocycles. The summed E-state index contributed by atoms with van der Waals surface area (Å²) in [7, 11) is 1.86. The van der Waals surface area contributed by atoms with Crippen molar-refractivity contribution in [3.63, 3.8) is 0 Å². The fraction of sp³-hybridized carbons (Fsp3) is 0.176. The number of halogens is 2. The Labute approximate surface area is 160 Å². The Hall–Kier alpha value is -1.83. The molecule has 0 N–H and O–H groups in total. The van der Waals surface area contributed by atoms with Crippen molar-refractivity contribution in [1.29, 1.82) is 0 Å². The number of rotatable bonds is 1. The van der Waals surface area contributed by atoms with E-state index in [1.807, 2.05) is 23.7 Å². The lowest BCUT2D eigenvalue weighted by Crippen LogP contribution is -2.15. The van der Waals surface area contributed by atoms with Gasteiger partial charge >= 0.3 is 0 Å². The van der Waals surface area contributed by atoms with Gasteiger partial charge in [0.25, 0.3) is 5.91 Å². The predicted molar refractivity (Wildman–Crippen MR) is 101 cm³/mol. The first kappa shape index (κ1) is 16.6. The molecule has 4 rings (SSSR count). The van der Waals surface area contributed by atoms with Crippen molar-refractivity contribution in [3.05, 3.63) is 50.2 Å². The van der Waals surface area contributed by atoms with Crippen LogP contribution in [0.4, 0.5) is 0 Å². The largest absolute Gasteiger partial charge is 0.486 e. The molecule has 8 heteroatoms. The fourth-order valence-corrected chi connectivity index (χ4v) is 4.17. The van der Waals surface area contributed by atoms with Crippen LogP contribution in [0.1, 0.15) is 10.4 Å². The van der Waals surface area contributed by atoms with E-state index in [2.05, 4.69) is 20.9 Å². The molecule has 1 aliphatic rings. The van der Waals surface area contributed by atoms with Gasteiger partial charge in [-0.1, -0.05) is 38.9 Å². The van der Waals surface area contributed by atoms with Crippen molar-refractivity contribution >= 4 is 55.0 Å². The maximum Gasteiger partial charge on any atom is 0.281 e. The van der Waals surface area contributed by atoms with E-state index in [9.17, 15) is 4.79 Å². The van der Waals surface area contributed by atoms with Gasteiger partial charge in [0, 0.05) is 23.7 Å². The molecule has 0 fully saturated rings. The second-order valence-electron chi connectivity index (χ2n) is 5.45. The number of benzene rings is 2. The van der Waals surface area contributed by atoms with Crippen LogP contribution in [0.5, 0.6) is 11.5 Å². The molecule has 0 aliphatic carbocycles. The highest BCUT2D eigenvalue weighted by molar-refractivity contribution is 9.10. The van der Waals surface area contributed by atoms with Gasteiger partial charge < -0.3 is 14.0 Å². The quantitative estimate of drug-likeness (QED) is 0.572. The highest BCUT2D eigenvalue weighted by Gasteiger charge is 2.16. The predicted octanol–water partition coefficient (Wildman–Crippen LogP) is 4.17. The van der Waals surface area contributed by atoms with Gasteiger partial charge in [0.2, 0.25) is 0 Å². The molecule has 0 saturated heterocycles. The lowest BCUT2D eigenvalue weighted by Gasteiger charge is -2.18. The maximum absolute atomic E-state index is 12.5. The molecule has 0 radical (unpaired) electrons. The van der Waals surface area contributed by atoms with Crippen LogP contribution in [0.15, 0.2) is 39.8 Å². The van der Waals surface area contributed by atoms with E-state index in [1.54, 1.807) is 18.2 Å². The number of hydrogen-bond acceptors (Lipinski definition) is 4. The zero-order valence-corrected chi connectivity index (χ0v) is 16.2. The number of ether oxygens (including phenoxy) is 2. The van der Waals surface area contributed by atoms with Gasteiger partial charge in [-0.15, -0.1) is 0 Å². The van der Waals surface area contributed by atoms with Crippen molar-refractivity contribution in [2.75, 3.05) is 13.2 Å². The maximum atomic E-state index is 12.5. The van der Waals surface area contributed by atoms with Gasteiger partial charge in [-0.3, -0.25) is 4.79 Å². The molecule has 25 heavy (non-hydrogen) atoms. The number of fused-ring (bicyclic) bond motifs is 2. The molecule has 0 bridgehead atoms. The molecule has 3 aromatic rings. The van der Waals surface area contributed by atoms with E-state index >= 15 is 0 Å². The number of carbonyl (C=O) groups is 1. The summed E-state index contributed by atoms with van der Waals surface area (Å²) >= 11 is 10.9. The van der Waals surface area contributed by atoms with Crippen LogP contribution in [0.3, 0.4) is 0 Å². The van der Waals surface area contributed by atoms with Crippen molar-refractivity contribution < 1.29 is 14.3 Å². The molecular weight excluding hydrogens is 428 g/mol. The van der Waals surface area contributed by atoms with E-state index in [0.29, 0.717) is 40.1 Å². The smallest absolute Gasteiger partial charge is 0.281 e. The van der Waals surface area contributed by atoms with Gasteiger partial charge in [-0.05, 0) is 18.2 Å². The summed E-state index contributed by atoms with van der Waals surface area (Å²) in [6.45, 7) is 1.07. The van der Waals surface area contributed by atoms with Crippen molar-refractivity contribution in [2.24, 2.45) is 12.0 Å². The third-order valence-corrected chi connectivity index (χ3v) is 5.75. The number of carbonyl (C=O) groups excluding carboxylic acids is 1. The Morgan fingerprint density at radius 3 is 2.72 bits per heavy atom. The lowest BCUT2D eigenvalue weighted by atomic mass is 10.2. The average Bonchev–Trinajstić information content (AvgIpc) is 2.90. The normalized spacial score (nSPS) is 14.1. The molecule has 0 atom stereocenters. The number of thiazole rings is 1. The Balaban J connectivity index is 1.83. The summed E-state index contributed by atoms with van der Waals surface area (Å²) in [5, 5.41) is 0.373. The van der Waals surface area contributed by atoms with E-state index in [0.717, 1.165) is 14.7 Å². The molecule has 5 nitrogen and oxygen atoms in total. The van der Waals surface area contributed by atoms with Crippen LogP contribution in [-0.2, 0) is 7.05 Å². The zero-order chi connectivity index (χ0) is 17.6. The van der Waals surface area contributed by atoms with Gasteiger partial charge in [-0.25, -0.2) is 0 Å². The Morgan fingerprint density at radius 2 is 1.96 bits per heavy atom. The van der Waals surface area contributed by atoms with Crippen LogP contribution >= 0.6 is 38.9 Å². The monoisotopic (exact) mass is 438 g/mol. The summed E-state index contributed by atoms with van der Waals surface area (Å²) < 4.78 is 14.8. The fourth-order valence-electron chi connectivity index (χ4n) is 2.58. The SMILES string of the molecule is Cn1c(=NC(=O)c2cc(Br)ccc2Cl)sc2cc3c(cc21)OCCO3. The molecule has 0 saturated carbocycles. The van der Waals surface area contributed by atoms with E-state index in [4.69, 9.17) is 21.1 Å². The second kappa shape index (κ2) is 6.48. The highest BCUT2D eigenvalue weighted by atomic mass is 79.9. The molecular formula is C17H12BrClN2O3S. The van der Waals surface area contributed by atoms with E-state index in [-0.39, 0.29) is 5.91 Å². The van der Waals surface area contributed by atoms with Gasteiger partial charge in [0.15, 0.2) is 16.3 Å². The van der Waals surface area contributed by atoms with Gasteiger partial charge in [-0.2, -0.15) is 4.99 Å². The van der Waals surface area contributed by atoms with Crippen molar-refractivity contribution in [2.45, 2.75) is 0 Å². The second-order valence-corrected chi connectivity index (χ2v) is 7.78. The standard InChI is InChI=1S/C17H12BrClN2O3S/c1-21-12-7-13-14(24-5-4-23-13)8-15(12)25-17(21)20-16(22)10-6-9(18)2-3-11(10)19/h2-3,6-8H,4-5H2,1H3. The zero-order valence-electron chi connectivity index (χ0n) is 13.1. The van der Waals surface area contributed by atoms with Crippen LogP contribution < -0.4 is 14.3 Å². The van der Waals surface area contributed by atoms with Gasteiger partial charge in [0.1, 0.15) is 13.2 Å². The van der Waals surface area contributed by atoms with Crippen LogP contribution in [-0.4, -0.2) is 23.7 Å². The Morgan fingerprint density at radius 1 is 1.24 bits per heavy atom. The number of aryl methyl sites for hydroxylation is 1. The molecule has 2 heterocycles. The molecule has 128 valence electrons. The van der Waals surface area contributed by atoms with Crippen LogP contribution in [0.2, 0.25) is 5.02 Å². The number of nitrogens with zero attached hydrogens (tertiary/aromatic N) is 2. The number of aromatic nitrogens is 1. The third-order valence-electron chi connectivity index (χ3n) is 3.83. The summed E-state index contributed by atoms with van der Waals surface area (Å²) in [6.07, 6.45) is 0. The van der Waals surface area contributed by atoms with Crippen molar-refractivity contribution in [3.8, 4) is 11.5 Å². The van der Waals surface area contributed by atoms with Crippen LogP contribution in [0, 0.1) is 0 Å². The summed E-state index contributed by atoms with van der Waals surface area (Å²) in [5.74, 6) is 1.04.